The summed E-state index contributed by atoms with van der Waals surface area (Å²) < 4.78 is 32.0. The van der Waals surface area contributed by atoms with Crippen LogP contribution in [-0.4, -0.2) is 55.9 Å². The third kappa shape index (κ3) is 4.56. The maximum atomic E-state index is 13.1. The molecule has 1 amide bonds. The topological polar surface area (TPSA) is 127 Å². The number of fused-ring (bicyclic) bond motifs is 2. The normalized spacial score (nSPS) is 15.1. The number of amides is 1. The van der Waals surface area contributed by atoms with Crippen LogP contribution in [0, 0.1) is 0 Å². The second kappa shape index (κ2) is 9.72. The Kier molecular flexibility index (Phi) is 6.45. The van der Waals surface area contributed by atoms with Crippen LogP contribution < -0.4 is 5.32 Å². The zero-order valence-corrected chi connectivity index (χ0v) is 20.4. The molecule has 1 N–H and O–H groups in total. The summed E-state index contributed by atoms with van der Waals surface area (Å²) in [6, 6.07) is 16.5. The third-order valence-corrected chi connectivity index (χ3v) is 8.23. The summed E-state index contributed by atoms with van der Waals surface area (Å²) in [7, 11) is -3.72. The van der Waals surface area contributed by atoms with Crippen LogP contribution in [0.15, 0.2) is 71.6 Å². The smallest absolute Gasteiger partial charge is 0.338 e. The maximum Gasteiger partial charge on any atom is 0.338 e. The Bertz CT molecular complexity index is 1560. The molecule has 1 aliphatic carbocycles. The average molecular weight is 519 g/mol. The van der Waals surface area contributed by atoms with Crippen LogP contribution in [0.25, 0.3) is 0 Å². The van der Waals surface area contributed by atoms with Crippen molar-refractivity contribution in [3.05, 3.63) is 94.5 Å². The number of nitrogens with zero attached hydrogens (tertiary/aromatic N) is 1. The monoisotopic (exact) mass is 518 g/mol. The number of ether oxygens (including phenoxy) is 1. The Morgan fingerprint density at radius 1 is 0.838 bits per heavy atom. The molecule has 1 fully saturated rings. The number of rotatable bonds is 6. The van der Waals surface area contributed by atoms with Gasteiger partial charge in [0.05, 0.1) is 21.7 Å². The van der Waals surface area contributed by atoms with E-state index in [0.717, 1.165) is 12.8 Å². The molecule has 3 aromatic rings. The molecule has 37 heavy (non-hydrogen) atoms. The van der Waals surface area contributed by atoms with Crippen LogP contribution in [0.4, 0.5) is 5.69 Å². The molecule has 0 spiro atoms. The highest BCUT2D eigenvalue weighted by atomic mass is 32.2. The van der Waals surface area contributed by atoms with Crippen molar-refractivity contribution in [3.63, 3.8) is 0 Å². The highest BCUT2D eigenvalue weighted by molar-refractivity contribution is 7.89. The molecule has 188 valence electrons. The number of carbonyl (C=O) groups is 4. The molecule has 0 aromatic heterocycles. The van der Waals surface area contributed by atoms with Crippen LogP contribution in [0.1, 0.15) is 55.0 Å². The van der Waals surface area contributed by atoms with Gasteiger partial charge in [-0.3, -0.25) is 14.4 Å². The van der Waals surface area contributed by atoms with E-state index in [4.69, 9.17) is 4.74 Å². The standard InChI is InChI=1S/C27H22N2O7S/c30-23(16-36-27(33)17-7-5-8-18(15-17)37(34,35)29-13-3-4-14-29)28-22-12-6-11-21-24(22)26(32)20-10-2-1-9-19(20)25(21)31/h1-2,5-12,15H,3-4,13-14,16H2,(H,28,30). The van der Waals surface area contributed by atoms with Crippen molar-refractivity contribution in [1.29, 1.82) is 0 Å². The fourth-order valence-electron chi connectivity index (χ4n) is 4.51. The summed E-state index contributed by atoms with van der Waals surface area (Å²) in [6.07, 6.45) is 1.57. The van der Waals surface area contributed by atoms with Gasteiger partial charge in [-0.15, -0.1) is 0 Å². The van der Waals surface area contributed by atoms with Crippen molar-refractivity contribution in [2.75, 3.05) is 25.0 Å². The maximum absolute atomic E-state index is 13.1. The second-order valence-corrected chi connectivity index (χ2v) is 10.6. The zero-order chi connectivity index (χ0) is 26.2. The molecular weight excluding hydrogens is 496 g/mol. The molecule has 0 radical (unpaired) electrons. The van der Waals surface area contributed by atoms with Crippen LogP contribution in [-0.2, 0) is 19.6 Å². The van der Waals surface area contributed by atoms with Gasteiger partial charge in [-0.25, -0.2) is 13.2 Å². The van der Waals surface area contributed by atoms with Crippen LogP contribution in [0.3, 0.4) is 0 Å². The molecule has 0 bridgehead atoms. The zero-order valence-electron chi connectivity index (χ0n) is 19.6. The summed E-state index contributed by atoms with van der Waals surface area (Å²) in [6.45, 7) is 0.185. The van der Waals surface area contributed by atoms with Gasteiger partial charge in [-0.05, 0) is 37.1 Å². The highest BCUT2D eigenvalue weighted by Gasteiger charge is 2.32. The first-order valence-electron chi connectivity index (χ1n) is 11.7. The van der Waals surface area contributed by atoms with Gasteiger partial charge < -0.3 is 10.1 Å². The number of hydrogen-bond acceptors (Lipinski definition) is 7. The lowest BCUT2D eigenvalue weighted by Gasteiger charge is -2.20. The van der Waals surface area contributed by atoms with Crippen molar-refractivity contribution in [1.82, 2.24) is 4.31 Å². The van der Waals surface area contributed by atoms with Gasteiger partial charge in [0, 0.05) is 29.8 Å². The van der Waals surface area contributed by atoms with Crippen molar-refractivity contribution in [2.45, 2.75) is 17.7 Å². The van der Waals surface area contributed by atoms with E-state index in [0.29, 0.717) is 18.7 Å². The molecule has 1 aliphatic heterocycles. The fraction of sp³-hybridized carbons (Fsp3) is 0.185. The van der Waals surface area contributed by atoms with Gasteiger partial charge in [0.25, 0.3) is 5.91 Å². The molecule has 5 rings (SSSR count). The molecule has 1 heterocycles. The number of sulfonamides is 1. The van der Waals surface area contributed by atoms with E-state index in [1.807, 2.05) is 0 Å². The Morgan fingerprint density at radius 2 is 1.49 bits per heavy atom. The summed E-state index contributed by atoms with van der Waals surface area (Å²) in [5.41, 5.74) is 0.913. The summed E-state index contributed by atoms with van der Waals surface area (Å²) in [5.74, 6) is -2.31. The number of anilines is 1. The van der Waals surface area contributed by atoms with Gasteiger partial charge in [-0.1, -0.05) is 42.5 Å². The summed E-state index contributed by atoms with van der Waals surface area (Å²) >= 11 is 0. The summed E-state index contributed by atoms with van der Waals surface area (Å²) in [5, 5.41) is 2.54. The third-order valence-electron chi connectivity index (χ3n) is 6.33. The van der Waals surface area contributed by atoms with Gasteiger partial charge >= 0.3 is 5.97 Å². The van der Waals surface area contributed by atoms with E-state index >= 15 is 0 Å². The van der Waals surface area contributed by atoms with Gasteiger partial charge in [0.1, 0.15) is 0 Å². The number of carbonyl (C=O) groups excluding carboxylic acids is 4. The minimum absolute atomic E-state index is 0.0115. The Balaban J connectivity index is 1.28. The average Bonchev–Trinajstić information content (AvgIpc) is 3.47. The van der Waals surface area contributed by atoms with Gasteiger partial charge in [-0.2, -0.15) is 4.31 Å². The quantitative estimate of drug-likeness (QED) is 0.389. The van der Waals surface area contributed by atoms with E-state index in [1.54, 1.807) is 30.3 Å². The van der Waals surface area contributed by atoms with E-state index in [9.17, 15) is 27.6 Å². The van der Waals surface area contributed by atoms with Crippen LogP contribution in [0.2, 0.25) is 0 Å². The fourth-order valence-corrected chi connectivity index (χ4v) is 6.07. The number of esters is 1. The van der Waals surface area contributed by atoms with Crippen molar-refractivity contribution >= 4 is 39.2 Å². The lowest BCUT2D eigenvalue weighted by Crippen LogP contribution is -2.28. The molecule has 10 heteroatoms. The van der Waals surface area contributed by atoms with Crippen molar-refractivity contribution < 1.29 is 32.3 Å². The highest BCUT2D eigenvalue weighted by Crippen LogP contribution is 2.32. The first-order chi connectivity index (χ1) is 17.8. The van der Waals surface area contributed by atoms with Crippen LogP contribution in [0.5, 0.6) is 0 Å². The summed E-state index contributed by atoms with van der Waals surface area (Å²) in [4.78, 5) is 51.1. The Hall–Kier alpha value is -4.15. The number of hydrogen-bond donors (Lipinski definition) is 1. The predicted molar refractivity (Wildman–Crippen MR) is 133 cm³/mol. The molecular formula is C27H22N2O7S. The minimum Gasteiger partial charge on any atom is -0.452 e. The number of ketones is 2. The van der Waals surface area contributed by atoms with E-state index in [-0.39, 0.29) is 38.6 Å². The Morgan fingerprint density at radius 3 is 2.22 bits per heavy atom. The first kappa shape index (κ1) is 24.5. The van der Waals surface area contributed by atoms with Crippen molar-refractivity contribution in [3.8, 4) is 0 Å². The van der Waals surface area contributed by atoms with E-state index in [1.165, 1.54) is 40.7 Å². The predicted octanol–water partition coefficient (Wildman–Crippen LogP) is 3.04. The van der Waals surface area contributed by atoms with E-state index < -0.39 is 34.3 Å². The molecule has 0 unspecified atom stereocenters. The number of nitrogens with one attached hydrogen (secondary N) is 1. The van der Waals surface area contributed by atoms with Gasteiger partial charge in [0.15, 0.2) is 18.2 Å². The number of benzene rings is 3. The molecule has 0 saturated carbocycles. The largest absolute Gasteiger partial charge is 0.452 e. The molecule has 2 aliphatic rings. The molecule has 9 nitrogen and oxygen atoms in total. The molecule has 0 atom stereocenters. The van der Waals surface area contributed by atoms with Crippen molar-refractivity contribution in [2.24, 2.45) is 0 Å². The lowest BCUT2D eigenvalue weighted by molar-refractivity contribution is -0.119. The SMILES string of the molecule is O=C(COC(=O)c1cccc(S(=O)(=O)N2CCCC2)c1)Nc1cccc2c1C(=O)c1ccccc1C2=O. The van der Waals surface area contributed by atoms with Crippen LogP contribution >= 0.6 is 0 Å². The lowest BCUT2D eigenvalue weighted by atomic mass is 9.83. The second-order valence-electron chi connectivity index (χ2n) is 8.70. The first-order valence-corrected chi connectivity index (χ1v) is 13.1. The van der Waals surface area contributed by atoms with E-state index in [2.05, 4.69) is 5.32 Å². The minimum atomic E-state index is -3.72. The molecule has 1 saturated heterocycles. The molecule has 3 aromatic carbocycles. The Labute approximate surface area is 213 Å². The van der Waals surface area contributed by atoms with Gasteiger partial charge in [0.2, 0.25) is 10.0 Å².